The van der Waals surface area contributed by atoms with E-state index >= 15 is 0 Å². The van der Waals surface area contributed by atoms with E-state index in [1.54, 1.807) is 18.2 Å². The van der Waals surface area contributed by atoms with Gasteiger partial charge in [0.05, 0.1) is 0 Å². The lowest BCUT2D eigenvalue weighted by Gasteiger charge is -2.03. The van der Waals surface area contributed by atoms with Crippen molar-refractivity contribution in [1.82, 2.24) is 5.32 Å². The fourth-order valence-corrected chi connectivity index (χ4v) is 1.66. The van der Waals surface area contributed by atoms with Crippen molar-refractivity contribution in [2.75, 3.05) is 0 Å². The van der Waals surface area contributed by atoms with Gasteiger partial charge in [-0.1, -0.05) is 30.3 Å². The molecule has 1 aromatic rings. The van der Waals surface area contributed by atoms with Crippen molar-refractivity contribution in [3.8, 4) is 0 Å². The second kappa shape index (κ2) is 4.29. The zero-order valence-electron chi connectivity index (χ0n) is 8.80. The van der Waals surface area contributed by atoms with E-state index in [0.29, 0.717) is 0 Å². The van der Waals surface area contributed by atoms with Crippen molar-refractivity contribution < 1.29 is 19.2 Å². The maximum absolute atomic E-state index is 11.7. The van der Waals surface area contributed by atoms with Crippen LogP contribution in [0, 0.1) is 5.92 Å². The number of carbonyl (C=O) groups excluding carboxylic acids is 4. The third kappa shape index (κ3) is 2.13. The van der Waals surface area contributed by atoms with Crippen molar-refractivity contribution in [3.05, 3.63) is 35.9 Å². The van der Waals surface area contributed by atoms with Crippen LogP contribution < -0.4 is 5.32 Å². The van der Waals surface area contributed by atoms with Crippen molar-refractivity contribution in [2.45, 2.75) is 6.42 Å². The molecule has 0 aliphatic carbocycles. The smallest absolute Gasteiger partial charge is 0.238 e. The molecule has 1 N–H and O–H groups in total. The molecule has 1 aromatic carbocycles. The molecule has 2 amide bonds. The number of hydrogen-bond donors (Lipinski definition) is 1. The van der Waals surface area contributed by atoms with Gasteiger partial charge in [-0.2, -0.15) is 0 Å². The van der Waals surface area contributed by atoms with E-state index in [1.807, 2.05) is 5.32 Å². The maximum Gasteiger partial charge on any atom is 0.238 e. The van der Waals surface area contributed by atoms with Crippen LogP contribution in [0.1, 0.15) is 16.8 Å². The molecule has 1 fully saturated rings. The van der Waals surface area contributed by atoms with Gasteiger partial charge in [0.1, 0.15) is 5.92 Å². The SMILES string of the molecule is O=C1CC(C(=O)C(=O)c2ccccc2)C(=O)N1. The van der Waals surface area contributed by atoms with Crippen LogP contribution in [0.5, 0.6) is 0 Å². The fraction of sp³-hybridized carbons (Fsp3) is 0.167. The van der Waals surface area contributed by atoms with Crippen LogP contribution in [-0.4, -0.2) is 23.4 Å². The van der Waals surface area contributed by atoms with Gasteiger partial charge >= 0.3 is 0 Å². The average molecular weight is 231 g/mol. The van der Waals surface area contributed by atoms with Gasteiger partial charge < -0.3 is 0 Å². The number of Topliss-reactive ketones (excluding diaryl/α,β-unsaturated/α-hetero) is 2. The zero-order chi connectivity index (χ0) is 12.4. The fourth-order valence-electron chi connectivity index (χ4n) is 1.66. The summed E-state index contributed by atoms with van der Waals surface area (Å²) in [6.07, 6.45) is -0.240. The molecule has 1 atom stereocenters. The number of rotatable bonds is 3. The molecule has 1 saturated heterocycles. The summed E-state index contributed by atoms with van der Waals surface area (Å²) in [6.45, 7) is 0. The van der Waals surface area contributed by atoms with Gasteiger partial charge in [-0.05, 0) is 0 Å². The monoisotopic (exact) mass is 231 g/mol. The number of hydrogen-bond acceptors (Lipinski definition) is 4. The lowest BCUT2D eigenvalue weighted by atomic mass is 9.95. The highest BCUT2D eigenvalue weighted by Gasteiger charge is 2.39. The van der Waals surface area contributed by atoms with Crippen molar-refractivity contribution in [2.24, 2.45) is 5.92 Å². The minimum Gasteiger partial charge on any atom is -0.296 e. The normalized spacial score (nSPS) is 18.9. The number of imide groups is 1. The first-order valence-electron chi connectivity index (χ1n) is 5.07. The first-order chi connectivity index (χ1) is 8.09. The van der Waals surface area contributed by atoms with Gasteiger partial charge in [0.25, 0.3) is 0 Å². The van der Waals surface area contributed by atoms with Gasteiger partial charge in [-0.25, -0.2) is 0 Å². The number of ketones is 2. The van der Waals surface area contributed by atoms with E-state index in [1.165, 1.54) is 12.1 Å². The Morgan fingerprint density at radius 3 is 2.29 bits per heavy atom. The third-order valence-electron chi connectivity index (χ3n) is 2.54. The average Bonchev–Trinajstić information content (AvgIpc) is 2.68. The summed E-state index contributed by atoms with van der Waals surface area (Å²) < 4.78 is 0. The number of nitrogens with one attached hydrogen (secondary N) is 1. The zero-order valence-corrected chi connectivity index (χ0v) is 8.80. The van der Waals surface area contributed by atoms with E-state index in [4.69, 9.17) is 0 Å². The molecule has 17 heavy (non-hydrogen) atoms. The van der Waals surface area contributed by atoms with Crippen LogP contribution >= 0.6 is 0 Å². The highest BCUT2D eigenvalue weighted by Crippen LogP contribution is 2.15. The van der Waals surface area contributed by atoms with Crippen LogP contribution in [-0.2, 0) is 14.4 Å². The summed E-state index contributed by atoms with van der Waals surface area (Å²) in [5.74, 6) is -3.95. The molecule has 0 aromatic heterocycles. The largest absolute Gasteiger partial charge is 0.296 e. The minimum absolute atomic E-state index is 0.227. The molecule has 0 bridgehead atoms. The maximum atomic E-state index is 11.7. The first kappa shape index (κ1) is 11.2. The van der Waals surface area contributed by atoms with Crippen LogP contribution in [0.4, 0.5) is 0 Å². The predicted molar refractivity (Wildman–Crippen MR) is 57.0 cm³/mol. The number of amides is 2. The molecule has 1 aliphatic heterocycles. The van der Waals surface area contributed by atoms with E-state index in [-0.39, 0.29) is 12.0 Å². The lowest BCUT2D eigenvalue weighted by Crippen LogP contribution is -2.30. The summed E-state index contributed by atoms with van der Waals surface area (Å²) in [7, 11) is 0. The molecule has 1 aliphatic rings. The molecule has 1 unspecified atom stereocenters. The Hall–Kier alpha value is -2.30. The Labute approximate surface area is 96.8 Å². The van der Waals surface area contributed by atoms with Gasteiger partial charge in [-0.3, -0.25) is 24.5 Å². The lowest BCUT2D eigenvalue weighted by molar-refractivity contribution is -0.129. The van der Waals surface area contributed by atoms with E-state index in [0.717, 1.165) is 0 Å². The Kier molecular flexibility index (Phi) is 2.82. The number of benzene rings is 1. The van der Waals surface area contributed by atoms with Gasteiger partial charge in [0.2, 0.25) is 23.4 Å². The van der Waals surface area contributed by atoms with E-state index < -0.39 is 29.3 Å². The van der Waals surface area contributed by atoms with Crippen LogP contribution in [0.2, 0.25) is 0 Å². The Bertz CT molecular complexity index is 506. The standard InChI is InChI=1S/C12H9NO4/c14-9-6-8(12(17)13-9)11(16)10(15)7-4-2-1-3-5-7/h1-5,8H,6H2,(H,13,14,17). The molecule has 0 spiro atoms. The summed E-state index contributed by atoms with van der Waals surface area (Å²) in [4.78, 5) is 45.7. The second-order valence-electron chi connectivity index (χ2n) is 3.73. The van der Waals surface area contributed by atoms with Crippen molar-refractivity contribution in [3.63, 3.8) is 0 Å². The Morgan fingerprint density at radius 1 is 1.12 bits per heavy atom. The van der Waals surface area contributed by atoms with Crippen LogP contribution in [0.15, 0.2) is 30.3 Å². The third-order valence-corrected chi connectivity index (χ3v) is 2.54. The Balaban J connectivity index is 2.19. The molecule has 0 radical (unpaired) electrons. The molecule has 0 saturated carbocycles. The van der Waals surface area contributed by atoms with Crippen molar-refractivity contribution in [1.29, 1.82) is 0 Å². The number of carbonyl (C=O) groups is 4. The molecule has 5 heteroatoms. The molecule has 1 heterocycles. The molecule has 5 nitrogen and oxygen atoms in total. The molecule has 86 valence electrons. The summed E-state index contributed by atoms with van der Waals surface area (Å²) in [5.41, 5.74) is 0.227. The van der Waals surface area contributed by atoms with E-state index in [2.05, 4.69) is 0 Å². The quantitative estimate of drug-likeness (QED) is 0.346. The first-order valence-corrected chi connectivity index (χ1v) is 5.07. The van der Waals surface area contributed by atoms with Crippen LogP contribution in [0.25, 0.3) is 0 Å². The van der Waals surface area contributed by atoms with Gasteiger partial charge in [0, 0.05) is 12.0 Å². The topological polar surface area (TPSA) is 80.3 Å². The second-order valence-corrected chi connectivity index (χ2v) is 3.73. The van der Waals surface area contributed by atoms with Crippen LogP contribution in [0.3, 0.4) is 0 Å². The van der Waals surface area contributed by atoms with E-state index in [9.17, 15) is 19.2 Å². The summed E-state index contributed by atoms with van der Waals surface area (Å²) in [6, 6.07) is 7.96. The molecule has 2 rings (SSSR count). The predicted octanol–water partition coefficient (Wildman–Crippen LogP) is 0.101. The molecular formula is C12H9NO4. The highest BCUT2D eigenvalue weighted by molar-refractivity contribution is 6.48. The van der Waals surface area contributed by atoms with Gasteiger partial charge in [0.15, 0.2) is 0 Å². The van der Waals surface area contributed by atoms with Gasteiger partial charge in [-0.15, -0.1) is 0 Å². The highest BCUT2D eigenvalue weighted by atomic mass is 16.2. The van der Waals surface area contributed by atoms with Crippen molar-refractivity contribution >= 4 is 23.4 Å². The Morgan fingerprint density at radius 2 is 1.76 bits per heavy atom. The minimum atomic E-state index is -1.17. The summed E-state index contributed by atoms with van der Waals surface area (Å²) in [5, 5.41) is 2.00. The summed E-state index contributed by atoms with van der Waals surface area (Å²) >= 11 is 0. The molecular weight excluding hydrogens is 222 g/mol.